The van der Waals surface area contributed by atoms with Crippen molar-refractivity contribution in [3.05, 3.63) is 105 Å². The van der Waals surface area contributed by atoms with Crippen LogP contribution in [-0.4, -0.2) is 25.7 Å². The largest absolute Gasteiger partial charge is 0.299 e. The van der Waals surface area contributed by atoms with Gasteiger partial charge in [-0.15, -0.1) is 15.0 Å². The molecule has 0 aliphatic carbocycles. The van der Waals surface area contributed by atoms with Crippen LogP contribution in [0.15, 0.2) is 66.7 Å². The van der Waals surface area contributed by atoms with E-state index in [-0.39, 0.29) is 22.9 Å². The first-order chi connectivity index (χ1) is 14.8. The minimum absolute atomic E-state index is 0.0388. The third-order valence-corrected chi connectivity index (χ3v) is 4.71. The molecule has 0 aliphatic rings. The van der Waals surface area contributed by atoms with E-state index >= 15 is 0 Å². The molecule has 0 N–H and O–H groups in total. The summed E-state index contributed by atoms with van der Waals surface area (Å²) in [6, 6.07) is 17.5. The summed E-state index contributed by atoms with van der Waals surface area (Å²) >= 11 is 0. The number of hydrogen-bond acceptors (Lipinski definition) is 5. The Bertz CT molecular complexity index is 1300. The summed E-state index contributed by atoms with van der Waals surface area (Å²) < 4.78 is 13.6. The number of nitrogens with zero attached hydrogens (tertiary/aromatic N) is 4. The van der Waals surface area contributed by atoms with Crippen LogP contribution in [0.1, 0.15) is 27.2 Å². The maximum Gasteiger partial charge on any atom is 0.299 e. The van der Waals surface area contributed by atoms with E-state index in [1.54, 1.807) is 36.4 Å². The third kappa shape index (κ3) is 3.95. The number of halogens is 1. The smallest absolute Gasteiger partial charge is 0.287 e. The van der Waals surface area contributed by atoms with E-state index in [4.69, 9.17) is 0 Å². The summed E-state index contributed by atoms with van der Waals surface area (Å²) in [5.74, 6) is -1.11. The van der Waals surface area contributed by atoms with Crippen molar-refractivity contribution < 1.29 is 14.1 Å². The predicted octanol–water partition coefficient (Wildman–Crippen LogP) is 4.83. The summed E-state index contributed by atoms with van der Waals surface area (Å²) in [6.07, 6.45) is 0. The Morgan fingerprint density at radius 1 is 0.968 bits per heavy atom. The van der Waals surface area contributed by atoms with Gasteiger partial charge >= 0.3 is 0 Å². The van der Waals surface area contributed by atoms with Crippen molar-refractivity contribution >= 4 is 11.5 Å². The minimum Gasteiger partial charge on any atom is -0.287 e. The van der Waals surface area contributed by atoms with E-state index in [2.05, 4.69) is 10.2 Å². The number of carbonyl (C=O) groups is 1. The highest BCUT2D eigenvalue weighted by Gasteiger charge is 2.25. The second-order valence-electron chi connectivity index (χ2n) is 7.15. The minimum atomic E-state index is -0.752. The highest BCUT2D eigenvalue weighted by atomic mass is 19.1. The maximum absolute atomic E-state index is 13.6. The summed E-state index contributed by atoms with van der Waals surface area (Å²) in [5.41, 5.74) is 2.71. The number of nitro groups is 1. The van der Waals surface area contributed by atoms with E-state index in [0.29, 0.717) is 11.1 Å². The molecule has 154 valence electrons. The molecule has 3 aromatic carbocycles. The lowest BCUT2D eigenvalue weighted by Gasteiger charge is -2.04. The molecule has 0 unspecified atom stereocenters. The van der Waals surface area contributed by atoms with Crippen LogP contribution in [-0.2, 0) is 0 Å². The fraction of sp³-hybridized carbons (Fsp3) is 0.0870. The number of benzene rings is 3. The zero-order valence-corrected chi connectivity index (χ0v) is 16.7. The van der Waals surface area contributed by atoms with Crippen LogP contribution >= 0.6 is 0 Å². The van der Waals surface area contributed by atoms with Gasteiger partial charge in [-0.2, -0.15) is 0 Å². The molecule has 0 radical (unpaired) electrons. The first-order valence-electron chi connectivity index (χ1n) is 9.43. The van der Waals surface area contributed by atoms with Gasteiger partial charge < -0.3 is 0 Å². The van der Waals surface area contributed by atoms with Gasteiger partial charge in [0, 0.05) is 11.1 Å². The Labute approximate surface area is 176 Å². The molecule has 4 rings (SSSR count). The van der Waals surface area contributed by atoms with Crippen LogP contribution in [0.2, 0.25) is 0 Å². The number of rotatable bonds is 5. The Morgan fingerprint density at radius 2 is 1.65 bits per heavy atom. The van der Waals surface area contributed by atoms with Crippen molar-refractivity contribution in [3.63, 3.8) is 0 Å². The van der Waals surface area contributed by atoms with Crippen molar-refractivity contribution in [2.75, 3.05) is 0 Å². The predicted molar refractivity (Wildman–Crippen MR) is 113 cm³/mol. The monoisotopic (exact) mass is 416 g/mol. The fourth-order valence-corrected chi connectivity index (χ4v) is 3.41. The fourth-order valence-electron chi connectivity index (χ4n) is 3.41. The molecule has 8 heteroatoms. The highest BCUT2D eigenvalue weighted by molar-refractivity contribution is 6.11. The van der Waals surface area contributed by atoms with Crippen LogP contribution in [0.3, 0.4) is 0 Å². The number of aryl methyl sites for hydroxylation is 2. The molecule has 1 aromatic heterocycles. The van der Waals surface area contributed by atoms with Crippen molar-refractivity contribution in [2.24, 2.45) is 0 Å². The average molecular weight is 416 g/mol. The van der Waals surface area contributed by atoms with E-state index < -0.39 is 16.4 Å². The lowest BCUT2D eigenvalue weighted by molar-refractivity contribution is -0.384. The van der Waals surface area contributed by atoms with E-state index in [1.807, 2.05) is 26.0 Å². The molecule has 1 heterocycles. The molecule has 0 fully saturated rings. The van der Waals surface area contributed by atoms with Crippen molar-refractivity contribution in [1.82, 2.24) is 15.0 Å². The summed E-state index contributed by atoms with van der Waals surface area (Å²) in [6.45, 7) is 3.78. The Balaban J connectivity index is 1.93. The lowest BCUT2D eigenvalue weighted by Crippen LogP contribution is -2.07. The molecule has 0 aliphatic heterocycles. The molecule has 0 amide bonds. The molecular formula is C23H17FN4O3. The number of ketones is 1. The van der Waals surface area contributed by atoms with Crippen LogP contribution in [0, 0.1) is 29.8 Å². The zero-order chi connectivity index (χ0) is 22.1. The maximum atomic E-state index is 13.6. The molecule has 7 nitrogen and oxygen atoms in total. The normalized spacial score (nSPS) is 10.8. The Morgan fingerprint density at radius 3 is 2.29 bits per heavy atom. The molecule has 4 aromatic rings. The van der Waals surface area contributed by atoms with Gasteiger partial charge in [0.15, 0.2) is 11.4 Å². The molecule has 0 bridgehead atoms. The first kappa shape index (κ1) is 20.1. The topological polar surface area (TPSA) is 90.9 Å². The van der Waals surface area contributed by atoms with Crippen LogP contribution < -0.4 is 0 Å². The summed E-state index contributed by atoms with van der Waals surface area (Å²) in [5, 5.41) is 20.1. The van der Waals surface area contributed by atoms with Crippen LogP contribution in [0.4, 0.5) is 10.1 Å². The third-order valence-electron chi connectivity index (χ3n) is 4.71. The molecular weight excluding hydrogens is 399 g/mol. The van der Waals surface area contributed by atoms with Gasteiger partial charge in [-0.3, -0.25) is 14.9 Å². The zero-order valence-electron chi connectivity index (χ0n) is 16.7. The van der Waals surface area contributed by atoms with E-state index in [0.717, 1.165) is 28.1 Å². The molecule has 31 heavy (non-hydrogen) atoms. The number of carbonyl (C=O) groups excluding carboxylic acids is 1. The number of hydrogen-bond donors (Lipinski definition) is 0. The van der Waals surface area contributed by atoms with Crippen LogP contribution in [0.25, 0.3) is 16.9 Å². The van der Waals surface area contributed by atoms with E-state index in [9.17, 15) is 19.3 Å². The highest BCUT2D eigenvalue weighted by Crippen LogP contribution is 2.28. The SMILES string of the molecule is Cc1cc(C)cc(C(=O)c2nn(-c3ccc(F)cc3[N+](=O)[O-])nc2-c2ccccc2)c1. The Hall–Kier alpha value is -4.20. The van der Waals surface area contributed by atoms with Crippen LogP contribution in [0.5, 0.6) is 0 Å². The van der Waals surface area contributed by atoms with Crippen molar-refractivity contribution in [3.8, 4) is 16.9 Å². The second-order valence-corrected chi connectivity index (χ2v) is 7.15. The Kier molecular flexibility index (Phi) is 5.12. The number of nitro benzene ring substituents is 1. The van der Waals surface area contributed by atoms with Crippen molar-refractivity contribution in [1.29, 1.82) is 0 Å². The molecule has 0 atom stereocenters. The first-order valence-corrected chi connectivity index (χ1v) is 9.43. The van der Waals surface area contributed by atoms with Gasteiger partial charge in [0.1, 0.15) is 11.5 Å². The van der Waals surface area contributed by atoms with Gasteiger partial charge in [0.2, 0.25) is 5.78 Å². The number of aromatic nitrogens is 3. The van der Waals surface area contributed by atoms with Gasteiger partial charge in [0.25, 0.3) is 5.69 Å². The quantitative estimate of drug-likeness (QED) is 0.264. The second kappa shape index (κ2) is 7.91. The van der Waals surface area contributed by atoms with Gasteiger partial charge in [-0.1, -0.05) is 47.5 Å². The average Bonchev–Trinajstić information content (AvgIpc) is 3.18. The van der Waals surface area contributed by atoms with Crippen molar-refractivity contribution in [2.45, 2.75) is 13.8 Å². The lowest BCUT2D eigenvalue weighted by atomic mass is 10.00. The standard InChI is InChI=1S/C23H17FN4O3/c1-14-10-15(2)12-17(11-14)23(29)22-21(16-6-4-3-5-7-16)25-27(26-22)19-9-8-18(24)13-20(19)28(30)31/h3-13H,1-2H3. The van der Waals surface area contributed by atoms with Gasteiger partial charge in [-0.25, -0.2) is 4.39 Å². The van der Waals surface area contributed by atoms with E-state index in [1.165, 1.54) is 6.07 Å². The molecule has 0 saturated heterocycles. The molecule has 0 saturated carbocycles. The summed E-state index contributed by atoms with van der Waals surface area (Å²) in [7, 11) is 0. The molecule has 0 spiro atoms. The van der Waals surface area contributed by atoms with Gasteiger partial charge in [-0.05, 0) is 38.1 Å². The summed E-state index contributed by atoms with van der Waals surface area (Å²) in [4.78, 5) is 25.1. The van der Waals surface area contributed by atoms with Gasteiger partial charge in [0.05, 0.1) is 11.0 Å².